The molecule has 2 fully saturated rings. The topological polar surface area (TPSA) is 102 Å². The SMILES string of the molecule is CC(C)(C)[C@H](NC(=O)OC1CCCC1)C(=O)N1CCCC1C(N)=O. The molecule has 7 nitrogen and oxygen atoms in total. The Bertz CT molecular complexity index is 495. The number of hydrogen-bond acceptors (Lipinski definition) is 4. The van der Waals surface area contributed by atoms with Gasteiger partial charge in [-0.3, -0.25) is 9.59 Å². The lowest BCUT2D eigenvalue weighted by Gasteiger charge is -2.35. The van der Waals surface area contributed by atoms with Gasteiger partial charge in [0.25, 0.3) is 0 Å². The van der Waals surface area contributed by atoms with Gasteiger partial charge in [0.1, 0.15) is 18.2 Å². The molecule has 3 N–H and O–H groups in total. The Hall–Kier alpha value is -1.79. The number of likely N-dealkylation sites (tertiary alicyclic amines) is 1. The van der Waals surface area contributed by atoms with Crippen LogP contribution in [0.5, 0.6) is 0 Å². The van der Waals surface area contributed by atoms with E-state index in [4.69, 9.17) is 10.5 Å². The van der Waals surface area contributed by atoms with Gasteiger partial charge in [0.2, 0.25) is 11.8 Å². The predicted octanol–water partition coefficient (Wildman–Crippen LogP) is 1.55. The summed E-state index contributed by atoms with van der Waals surface area (Å²) in [6, 6.07) is -1.35. The summed E-state index contributed by atoms with van der Waals surface area (Å²) >= 11 is 0. The molecular formula is C17H29N3O4. The molecule has 2 aliphatic rings. The third-order valence-electron chi connectivity index (χ3n) is 4.82. The summed E-state index contributed by atoms with van der Waals surface area (Å²) in [5, 5.41) is 2.72. The van der Waals surface area contributed by atoms with Crippen LogP contribution in [-0.2, 0) is 14.3 Å². The summed E-state index contributed by atoms with van der Waals surface area (Å²) in [4.78, 5) is 38.2. The average Bonchev–Trinajstić information content (AvgIpc) is 3.13. The van der Waals surface area contributed by atoms with Crippen LogP contribution in [0.2, 0.25) is 0 Å². The van der Waals surface area contributed by atoms with E-state index in [0.29, 0.717) is 13.0 Å². The third-order valence-corrected chi connectivity index (χ3v) is 4.82. The summed E-state index contributed by atoms with van der Waals surface area (Å²) in [7, 11) is 0. The molecule has 3 amide bonds. The van der Waals surface area contributed by atoms with Crippen LogP contribution in [0.4, 0.5) is 4.79 Å². The van der Waals surface area contributed by atoms with E-state index in [0.717, 1.165) is 32.1 Å². The molecule has 0 aromatic carbocycles. The Morgan fingerprint density at radius 2 is 1.75 bits per heavy atom. The van der Waals surface area contributed by atoms with Crippen LogP contribution in [0.3, 0.4) is 0 Å². The lowest BCUT2D eigenvalue weighted by molar-refractivity contribution is -0.141. The minimum absolute atomic E-state index is 0.0640. The van der Waals surface area contributed by atoms with Crippen molar-refractivity contribution in [1.82, 2.24) is 10.2 Å². The molecule has 1 saturated heterocycles. The zero-order chi connectivity index (χ0) is 17.9. The molecular weight excluding hydrogens is 310 g/mol. The van der Waals surface area contributed by atoms with E-state index >= 15 is 0 Å². The van der Waals surface area contributed by atoms with Crippen LogP contribution in [0, 0.1) is 5.41 Å². The third kappa shape index (κ3) is 4.39. The number of carbonyl (C=O) groups excluding carboxylic acids is 3. The highest BCUT2D eigenvalue weighted by Gasteiger charge is 2.41. The van der Waals surface area contributed by atoms with Crippen molar-refractivity contribution in [2.45, 2.75) is 77.5 Å². The van der Waals surface area contributed by atoms with Crippen LogP contribution in [-0.4, -0.2) is 47.5 Å². The van der Waals surface area contributed by atoms with Crippen molar-refractivity contribution in [3.05, 3.63) is 0 Å². The Morgan fingerprint density at radius 3 is 2.29 bits per heavy atom. The van der Waals surface area contributed by atoms with Crippen LogP contribution in [0.1, 0.15) is 59.3 Å². The summed E-state index contributed by atoms with van der Waals surface area (Å²) in [5.41, 5.74) is 4.90. The van der Waals surface area contributed by atoms with Crippen LogP contribution in [0.15, 0.2) is 0 Å². The molecule has 2 rings (SSSR count). The Kier molecular flexibility index (Phi) is 5.72. The van der Waals surface area contributed by atoms with E-state index in [-0.39, 0.29) is 12.0 Å². The fourth-order valence-electron chi connectivity index (χ4n) is 3.45. The molecule has 1 aliphatic heterocycles. The first-order valence-corrected chi connectivity index (χ1v) is 8.77. The highest BCUT2D eigenvalue weighted by molar-refractivity contribution is 5.91. The maximum absolute atomic E-state index is 12.9. The molecule has 0 aromatic rings. The Labute approximate surface area is 143 Å². The van der Waals surface area contributed by atoms with Crippen LogP contribution in [0.25, 0.3) is 0 Å². The van der Waals surface area contributed by atoms with Gasteiger partial charge in [-0.1, -0.05) is 20.8 Å². The summed E-state index contributed by atoms with van der Waals surface area (Å²) < 4.78 is 5.41. The molecule has 24 heavy (non-hydrogen) atoms. The summed E-state index contributed by atoms with van der Waals surface area (Å²) in [6.45, 7) is 6.11. The molecule has 0 aromatic heterocycles. The van der Waals surface area contributed by atoms with Crippen molar-refractivity contribution < 1.29 is 19.1 Å². The number of nitrogens with one attached hydrogen (secondary N) is 1. The largest absolute Gasteiger partial charge is 0.446 e. The normalized spacial score (nSPS) is 23.1. The Morgan fingerprint density at radius 1 is 1.12 bits per heavy atom. The van der Waals surface area contributed by atoms with E-state index in [1.54, 1.807) is 0 Å². The van der Waals surface area contributed by atoms with Crippen molar-refractivity contribution >= 4 is 17.9 Å². The molecule has 0 spiro atoms. The molecule has 0 radical (unpaired) electrons. The summed E-state index contributed by atoms with van der Waals surface area (Å²) in [5.74, 6) is -0.769. The second-order valence-corrected chi connectivity index (χ2v) is 7.85. The zero-order valence-corrected chi connectivity index (χ0v) is 14.8. The van der Waals surface area contributed by atoms with Gasteiger partial charge in [0.05, 0.1) is 0 Å². The van der Waals surface area contributed by atoms with E-state index < -0.39 is 29.5 Å². The van der Waals surface area contributed by atoms with Gasteiger partial charge in [-0.2, -0.15) is 0 Å². The fraction of sp³-hybridized carbons (Fsp3) is 0.824. The lowest BCUT2D eigenvalue weighted by atomic mass is 9.85. The van der Waals surface area contributed by atoms with Crippen molar-refractivity contribution in [3.63, 3.8) is 0 Å². The van der Waals surface area contributed by atoms with Gasteiger partial charge >= 0.3 is 6.09 Å². The van der Waals surface area contributed by atoms with Gasteiger partial charge in [-0.05, 0) is 43.9 Å². The van der Waals surface area contributed by atoms with Gasteiger partial charge in [-0.25, -0.2) is 4.79 Å². The minimum atomic E-state index is -0.758. The molecule has 2 atom stereocenters. The number of primary amides is 1. The Balaban J connectivity index is 2.05. The summed E-state index contributed by atoms with van der Waals surface area (Å²) in [6.07, 6.45) is 4.56. The maximum Gasteiger partial charge on any atom is 0.408 e. The van der Waals surface area contributed by atoms with Crippen molar-refractivity contribution in [2.75, 3.05) is 6.54 Å². The number of ether oxygens (including phenoxy) is 1. The first-order valence-electron chi connectivity index (χ1n) is 8.77. The number of hydrogen-bond donors (Lipinski definition) is 2. The lowest BCUT2D eigenvalue weighted by Crippen LogP contribution is -2.57. The average molecular weight is 339 g/mol. The molecule has 136 valence electrons. The van der Waals surface area contributed by atoms with Crippen molar-refractivity contribution in [2.24, 2.45) is 11.1 Å². The highest BCUT2D eigenvalue weighted by atomic mass is 16.6. The number of amides is 3. The number of rotatable bonds is 4. The van der Waals surface area contributed by atoms with Crippen molar-refractivity contribution in [1.29, 1.82) is 0 Å². The van der Waals surface area contributed by atoms with Gasteiger partial charge < -0.3 is 20.7 Å². The van der Waals surface area contributed by atoms with Gasteiger partial charge in [0, 0.05) is 6.54 Å². The highest BCUT2D eigenvalue weighted by Crippen LogP contribution is 2.26. The molecule has 1 heterocycles. The van der Waals surface area contributed by atoms with E-state index in [1.807, 2.05) is 20.8 Å². The van der Waals surface area contributed by atoms with E-state index in [9.17, 15) is 14.4 Å². The quantitative estimate of drug-likeness (QED) is 0.811. The monoisotopic (exact) mass is 339 g/mol. The first-order chi connectivity index (χ1) is 11.2. The molecule has 1 saturated carbocycles. The van der Waals surface area contributed by atoms with Gasteiger partial charge in [-0.15, -0.1) is 0 Å². The fourth-order valence-corrected chi connectivity index (χ4v) is 3.45. The van der Waals surface area contributed by atoms with E-state index in [1.165, 1.54) is 4.90 Å². The van der Waals surface area contributed by atoms with E-state index in [2.05, 4.69) is 5.32 Å². The molecule has 7 heteroatoms. The molecule has 1 aliphatic carbocycles. The maximum atomic E-state index is 12.9. The number of nitrogens with two attached hydrogens (primary N) is 1. The van der Waals surface area contributed by atoms with Gasteiger partial charge in [0.15, 0.2) is 0 Å². The van der Waals surface area contributed by atoms with Crippen LogP contribution < -0.4 is 11.1 Å². The predicted molar refractivity (Wildman–Crippen MR) is 89.0 cm³/mol. The molecule has 0 bridgehead atoms. The van der Waals surface area contributed by atoms with Crippen LogP contribution >= 0.6 is 0 Å². The number of carbonyl (C=O) groups is 3. The minimum Gasteiger partial charge on any atom is -0.446 e. The van der Waals surface area contributed by atoms with Crippen molar-refractivity contribution in [3.8, 4) is 0 Å². The number of nitrogens with zero attached hydrogens (tertiary/aromatic N) is 1. The second-order valence-electron chi connectivity index (χ2n) is 7.85. The second kappa shape index (κ2) is 7.40. The zero-order valence-electron chi connectivity index (χ0n) is 14.8. The first kappa shape index (κ1) is 18.5. The number of alkyl carbamates (subject to hydrolysis) is 1. The smallest absolute Gasteiger partial charge is 0.408 e. The standard InChI is InChI=1S/C17H29N3O4/c1-17(2,3)13(19-16(23)24-11-7-4-5-8-11)15(22)20-10-6-9-12(20)14(18)21/h11-13H,4-10H2,1-3H3,(H2,18,21)(H,19,23)/t12?,13-/m1/s1. The molecule has 1 unspecified atom stereocenters.